The van der Waals surface area contributed by atoms with Gasteiger partial charge in [0.2, 0.25) is 0 Å². The van der Waals surface area contributed by atoms with Gasteiger partial charge in [-0.25, -0.2) is 0 Å². The molecule has 1 radical (unpaired) electrons. The molecule has 0 N–H and O–H groups in total. The number of rotatable bonds is 2. The maximum atomic E-state index is 3.52. The summed E-state index contributed by atoms with van der Waals surface area (Å²) in [5.74, 6) is 0. The van der Waals surface area contributed by atoms with Crippen molar-refractivity contribution < 1.29 is 26.2 Å². The molecule has 0 heterocycles. The fraction of sp³-hybridized carbons (Fsp3) is 0.0833. The van der Waals surface area contributed by atoms with Crippen molar-refractivity contribution in [3.8, 4) is 0 Å². The van der Waals surface area contributed by atoms with E-state index in [4.69, 9.17) is 0 Å². The first-order valence-electron chi connectivity index (χ1n) is 8.45. The fourth-order valence-corrected chi connectivity index (χ4v) is 2.90. The molecule has 4 rings (SSSR count). The molecule has 0 saturated carbocycles. The van der Waals surface area contributed by atoms with Crippen molar-refractivity contribution in [2.75, 3.05) is 0 Å². The largest absolute Gasteiger partial charge is 2.00 e. The molecule has 0 aliphatic rings. The van der Waals surface area contributed by atoms with Crippen molar-refractivity contribution in [1.82, 2.24) is 0 Å². The minimum atomic E-state index is 0. The van der Waals surface area contributed by atoms with Crippen molar-refractivity contribution in [2.45, 2.75) is 13.8 Å². The van der Waals surface area contributed by atoms with E-state index in [1.54, 1.807) is 0 Å². The molecule has 0 saturated heterocycles. The van der Waals surface area contributed by atoms with E-state index in [0.29, 0.717) is 9.52 Å². The van der Waals surface area contributed by atoms with Gasteiger partial charge in [0.25, 0.3) is 0 Å². The van der Waals surface area contributed by atoms with Crippen LogP contribution in [0, 0.1) is 13.8 Å². The van der Waals surface area contributed by atoms with Crippen LogP contribution in [0.5, 0.6) is 0 Å². The summed E-state index contributed by atoms with van der Waals surface area (Å²) in [5.41, 5.74) is 6.49. The van der Waals surface area contributed by atoms with Gasteiger partial charge >= 0.3 is 26.2 Å². The van der Waals surface area contributed by atoms with Crippen molar-refractivity contribution in [2.24, 2.45) is 0 Å². The normalized spacial score (nSPS) is 9.31. The van der Waals surface area contributed by atoms with Crippen LogP contribution in [0.1, 0.15) is 11.1 Å². The average molecular weight is 433 g/mol. The van der Waals surface area contributed by atoms with Gasteiger partial charge in [-0.3, -0.25) is 0 Å². The van der Waals surface area contributed by atoms with E-state index in [1.165, 1.54) is 32.7 Å². The van der Waals surface area contributed by atoms with Crippen LogP contribution in [-0.2, 0) is 26.2 Å². The van der Waals surface area contributed by atoms with Crippen molar-refractivity contribution in [3.63, 3.8) is 0 Å². The predicted molar refractivity (Wildman–Crippen MR) is 116 cm³/mol. The first kappa shape index (κ1) is 22.3. The molecule has 129 valence electrons. The van der Waals surface area contributed by atoms with Gasteiger partial charge in [-0.2, -0.15) is 12.1 Å². The molecule has 0 atom stereocenters. The second-order valence-electron chi connectivity index (χ2n) is 5.99. The van der Waals surface area contributed by atoms with E-state index < -0.39 is 0 Å². The Bertz CT molecular complexity index is 799. The molecule has 0 aliphatic carbocycles. The van der Waals surface area contributed by atoms with Crippen LogP contribution in [0.4, 0.5) is 0 Å². The van der Waals surface area contributed by atoms with Gasteiger partial charge in [-0.05, 0) is 0 Å². The Kier molecular flexibility index (Phi) is 10.1. The van der Waals surface area contributed by atoms with E-state index in [0.717, 1.165) is 0 Å². The minimum Gasteiger partial charge on any atom is -0.165 e. The maximum Gasteiger partial charge on any atom is 2.00 e. The second kappa shape index (κ2) is 11.8. The Morgan fingerprint density at radius 3 is 1.42 bits per heavy atom. The zero-order valence-corrected chi connectivity index (χ0v) is 19.2. The van der Waals surface area contributed by atoms with Gasteiger partial charge in [0.15, 0.2) is 0 Å². The molecule has 0 fully saturated rings. The van der Waals surface area contributed by atoms with Crippen LogP contribution in [0.25, 0.3) is 21.5 Å². The van der Waals surface area contributed by atoms with Gasteiger partial charge < -0.3 is 0 Å². The van der Waals surface area contributed by atoms with Crippen LogP contribution < -0.4 is 0 Å². The number of aryl methyl sites for hydroxylation is 2. The van der Waals surface area contributed by atoms with Gasteiger partial charge in [-0.15, -0.1) is 106 Å². The SMILES string of the molecule is C=C[SiH]C=C.Cc1cc2ccccc2[cH-]1.Cc1cc2ccccc2[cH-]1.[Zr+2]. The third-order valence-electron chi connectivity index (χ3n) is 3.80. The third kappa shape index (κ3) is 6.86. The molecule has 26 heavy (non-hydrogen) atoms. The molecular formula is C24H25SiZr. The number of benzene rings is 2. The topological polar surface area (TPSA) is 0 Å². The Labute approximate surface area is 178 Å². The average Bonchev–Trinajstić information content (AvgIpc) is 3.17. The van der Waals surface area contributed by atoms with Crippen LogP contribution >= 0.6 is 0 Å². The number of fused-ring (bicyclic) bond motifs is 2. The molecule has 0 unspecified atom stereocenters. The van der Waals surface area contributed by atoms with Crippen LogP contribution in [-0.4, -0.2) is 9.52 Å². The molecule has 2 heteroatoms. The number of hydrogen-bond acceptors (Lipinski definition) is 0. The van der Waals surface area contributed by atoms with Gasteiger partial charge in [-0.1, -0.05) is 26.0 Å². The molecule has 0 bridgehead atoms. The molecule has 0 aromatic heterocycles. The summed E-state index contributed by atoms with van der Waals surface area (Å²) in [6.45, 7) is 11.3. The zero-order valence-electron chi connectivity index (χ0n) is 15.6. The summed E-state index contributed by atoms with van der Waals surface area (Å²) in [6, 6.07) is 25.7. The Hall–Kier alpha value is -1.76. The monoisotopic (exact) mass is 431 g/mol. The third-order valence-corrected chi connectivity index (χ3v) is 4.34. The summed E-state index contributed by atoms with van der Waals surface area (Å²) in [4.78, 5) is 0. The van der Waals surface area contributed by atoms with Crippen LogP contribution in [0.3, 0.4) is 0 Å². The van der Waals surface area contributed by atoms with Crippen LogP contribution in [0.2, 0.25) is 0 Å². The fourth-order valence-electron chi connectivity index (χ4n) is 2.71. The van der Waals surface area contributed by atoms with Gasteiger partial charge in [0.05, 0.1) is 9.52 Å². The van der Waals surface area contributed by atoms with Gasteiger partial charge in [0.1, 0.15) is 0 Å². The summed E-state index contributed by atoms with van der Waals surface area (Å²) in [6.07, 6.45) is 0. The molecule has 0 nitrogen and oxygen atoms in total. The molecule has 0 amide bonds. The van der Waals surface area contributed by atoms with Crippen molar-refractivity contribution in [1.29, 1.82) is 0 Å². The standard InChI is InChI=1S/2C10H9.C4H7Si.Zr/c2*1-8-6-9-4-2-3-5-10(9)7-8;1-3-5-4-2;/h2*2-7H,1H3;3-5H,1-2H2;/q2*-1;;+2. The molecule has 4 aromatic rings. The second-order valence-corrected chi connectivity index (χ2v) is 7.31. The van der Waals surface area contributed by atoms with E-state index >= 15 is 0 Å². The zero-order chi connectivity index (χ0) is 18.1. The van der Waals surface area contributed by atoms with E-state index in [1.807, 2.05) is 11.4 Å². The minimum absolute atomic E-state index is 0. The molecule has 0 aliphatic heterocycles. The molecule has 4 aromatic carbocycles. The summed E-state index contributed by atoms with van der Waals surface area (Å²) in [5, 5.41) is 5.39. The molecule has 0 spiro atoms. The summed E-state index contributed by atoms with van der Waals surface area (Å²) < 4.78 is 0. The molecular weight excluding hydrogens is 408 g/mol. The predicted octanol–water partition coefficient (Wildman–Crippen LogP) is 6.44. The first-order valence-corrected chi connectivity index (χ1v) is 9.78. The maximum absolute atomic E-state index is 3.52. The Balaban J connectivity index is 0.000000204. The Morgan fingerprint density at radius 1 is 0.731 bits per heavy atom. The quantitative estimate of drug-likeness (QED) is 0.252. The van der Waals surface area contributed by atoms with E-state index in [2.05, 4.69) is 99.8 Å². The first-order chi connectivity index (χ1) is 12.1. The summed E-state index contributed by atoms with van der Waals surface area (Å²) >= 11 is 0. The smallest absolute Gasteiger partial charge is 0.165 e. The number of hydrogen-bond donors (Lipinski definition) is 0. The Morgan fingerprint density at radius 2 is 1.12 bits per heavy atom. The van der Waals surface area contributed by atoms with E-state index in [9.17, 15) is 0 Å². The van der Waals surface area contributed by atoms with Crippen LogP contribution in [0.15, 0.2) is 97.4 Å². The van der Waals surface area contributed by atoms with Crippen molar-refractivity contribution in [3.05, 3.63) is 108 Å². The summed E-state index contributed by atoms with van der Waals surface area (Å²) in [7, 11) is 0.343. The van der Waals surface area contributed by atoms with Gasteiger partial charge in [0, 0.05) is 0 Å². The van der Waals surface area contributed by atoms with E-state index in [-0.39, 0.29) is 26.2 Å². The van der Waals surface area contributed by atoms with Crippen molar-refractivity contribution >= 4 is 31.1 Å².